The van der Waals surface area contributed by atoms with E-state index >= 15 is 0 Å². The van der Waals surface area contributed by atoms with E-state index in [9.17, 15) is 8.78 Å². The monoisotopic (exact) mass is 395 g/mol. The lowest BCUT2D eigenvalue weighted by Crippen LogP contribution is -2.31. The molecule has 0 amide bonds. The van der Waals surface area contributed by atoms with E-state index < -0.39 is 6.61 Å². The Balaban J connectivity index is 1.74. The summed E-state index contributed by atoms with van der Waals surface area (Å²) in [6.07, 6.45) is 5.11. The average molecular weight is 396 g/mol. The van der Waals surface area contributed by atoms with Gasteiger partial charge >= 0.3 is 6.61 Å². The number of fused-ring (bicyclic) bond motifs is 1. The van der Waals surface area contributed by atoms with Crippen LogP contribution in [0.5, 0.6) is 5.75 Å². The smallest absolute Gasteiger partial charge is 0.387 e. The largest absolute Gasteiger partial charge is 0.434 e. The van der Waals surface area contributed by atoms with Crippen LogP contribution in [0.25, 0.3) is 16.8 Å². The van der Waals surface area contributed by atoms with E-state index in [2.05, 4.69) is 25.2 Å². The zero-order valence-corrected chi connectivity index (χ0v) is 14.9. The van der Waals surface area contributed by atoms with Crippen LogP contribution in [0.15, 0.2) is 30.7 Å². The number of halogens is 3. The van der Waals surface area contributed by atoms with Gasteiger partial charge in [0.15, 0.2) is 0 Å². The van der Waals surface area contributed by atoms with Crippen molar-refractivity contribution in [3.63, 3.8) is 0 Å². The minimum Gasteiger partial charge on any atom is -0.434 e. The number of imidazole rings is 1. The summed E-state index contributed by atoms with van der Waals surface area (Å²) >= 11 is 5.92. The molecule has 3 heterocycles. The lowest BCUT2D eigenvalue weighted by atomic mass is 10.1. The van der Waals surface area contributed by atoms with Crippen molar-refractivity contribution >= 4 is 23.1 Å². The number of ether oxygens (including phenoxy) is 2. The van der Waals surface area contributed by atoms with E-state index in [1.807, 2.05) is 0 Å². The molecule has 1 aliphatic rings. The third-order valence-corrected chi connectivity index (χ3v) is 4.50. The van der Waals surface area contributed by atoms with Crippen molar-refractivity contribution in [1.29, 1.82) is 0 Å². The van der Waals surface area contributed by atoms with E-state index in [0.29, 0.717) is 29.3 Å². The zero-order valence-electron chi connectivity index (χ0n) is 14.1. The van der Waals surface area contributed by atoms with Gasteiger partial charge in [-0.3, -0.25) is 4.40 Å². The van der Waals surface area contributed by atoms with E-state index in [1.54, 1.807) is 29.1 Å². The highest BCUT2D eigenvalue weighted by atomic mass is 35.5. The molecule has 7 nitrogen and oxygen atoms in total. The fraction of sp³-hybridized carbons (Fsp3) is 0.353. The van der Waals surface area contributed by atoms with Crippen LogP contribution in [0.3, 0.4) is 0 Å². The molecule has 1 N–H and O–H groups in total. The summed E-state index contributed by atoms with van der Waals surface area (Å²) in [5, 5.41) is 12.0. The normalized spacial score (nSPS) is 17.4. The van der Waals surface area contributed by atoms with Crippen LogP contribution in [0, 0.1) is 0 Å². The van der Waals surface area contributed by atoms with Crippen molar-refractivity contribution < 1.29 is 18.3 Å². The molecular formula is C17H16ClF2N5O2. The van der Waals surface area contributed by atoms with Crippen LogP contribution in [0.1, 0.15) is 12.8 Å². The molecule has 0 aliphatic carbocycles. The molecule has 4 rings (SSSR count). The molecule has 0 bridgehead atoms. The first kappa shape index (κ1) is 17.9. The third-order valence-electron chi connectivity index (χ3n) is 4.26. The second kappa shape index (κ2) is 7.61. The van der Waals surface area contributed by atoms with Gasteiger partial charge in [-0.2, -0.15) is 8.78 Å². The van der Waals surface area contributed by atoms with Gasteiger partial charge in [0.2, 0.25) is 5.95 Å². The molecule has 1 unspecified atom stereocenters. The second-order valence-corrected chi connectivity index (χ2v) is 6.53. The summed E-state index contributed by atoms with van der Waals surface area (Å²) in [5.74, 6) is 0.434. The Labute approximate surface area is 158 Å². The molecule has 2 aromatic heterocycles. The van der Waals surface area contributed by atoms with Crippen LogP contribution < -0.4 is 10.1 Å². The van der Waals surface area contributed by atoms with E-state index in [4.69, 9.17) is 16.3 Å². The molecule has 1 fully saturated rings. The standard InChI is InChI=1S/C17H16ClF2N5O2/c18-10-3-4-12(14(6-10)27-16(19)20)15-13-7-21-9-25(13)17(24-23-15)22-11-2-1-5-26-8-11/h3-4,6-7,9,11,16H,1-2,5,8H2,(H,22,24). The summed E-state index contributed by atoms with van der Waals surface area (Å²) in [7, 11) is 0. The Morgan fingerprint density at radius 3 is 3.00 bits per heavy atom. The minimum atomic E-state index is -2.98. The predicted molar refractivity (Wildman–Crippen MR) is 95.3 cm³/mol. The van der Waals surface area contributed by atoms with Gasteiger partial charge in [-0.05, 0) is 31.0 Å². The molecular weight excluding hydrogens is 380 g/mol. The minimum absolute atomic E-state index is 0.0729. The Bertz CT molecular complexity index is 946. The molecule has 0 radical (unpaired) electrons. The fourth-order valence-corrected chi connectivity index (χ4v) is 3.21. The van der Waals surface area contributed by atoms with Crippen LogP contribution >= 0.6 is 11.6 Å². The zero-order chi connectivity index (χ0) is 18.8. The first-order valence-corrected chi connectivity index (χ1v) is 8.77. The Hall–Kier alpha value is -2.52. The number of benzene rings is 1. The van der Waals surface area contributed by atoms with Crippen molar-refractivity contribution in [3.8, 4) is 17.0 Å². The number of aromatic nitrogens is 4. The van der Waals surface area contributed by atoms with Crippen molar-refractivity contribution in [1.82, 2.24) is 19.6 Å². The third kappa shape index (κ3) is 3.79. The lowest BCUT2D eigenvalue weighted by molar-refractivity contribution is -0.0494. The van der Waals surface area contributed by atoms with Gasteiger partial charge in [0.05, 0.1) is 24.4 Å². The van der Waals surface area contributed by atoms with Crippen LogP contribution in [0.2, 0.25) is 5.02 Å². The summed E-state index contributed by atoms with van der Waals surface area (Å²) in [6.45, 7) is -1.64. The van der Waals surface area contributed by atoms with Crippen molar-refractivity contribution in [2.45, 2.75) is 25.5 Å². The molecule has 142 valence electrons. The van der Waals surface area contributed by atoms with Crippen molar-refractivity contribution in [2.75, 3.05) is 18.5 Å². The molecule has 3 aromatic rings. The molecule has 0 saturated carbocycles. The summed E-state index contributed by atoms with van der Waals surface area (Å²) in [4.78, 5) is 4.15. The second-order valence-electron chi connectivity index (χ2n) is 6.10. The molecule has 1 aliphatic heterocycles. The number of hydrogen-bond acceptors (Lipinski definition) is 6. The number of nitrogens with one attached hydrogen (secondary N) is 1. The lowest BCUT2D eigenvalue weighted by Gasteiger charge is -2.23. The van der Waals surface area contributed by atoms with Crippen molar-refractivity contribution in [2.24, 2.45) is 0 Å². The highest BCUT2D eigenvalue weighted by Gasteiger charge is 2.20. The summed E-state index contributed by atoms with van der Waals surface area (Å²) < 4.78 is 37.4. The Kier molecular flexibility index (Phi) is 5.04. The molecule has 0 spiro atoms. The predicted octanol–water partition coefficient (Wildman–Crippen LogP) is 3.64. The fourth-order valence-electron chi connectivity index (χ4n) is 3.05. The molecule has 1 saturated heterocycles. The average Bonchev–Trinajstić information content (AvgIpc) is 3.13. The van der Waals surface area contributed by atoms with Gasteiger partial charge in [0, 0.05) is 17.2 Å². The van der Waals surface area contributed by atoms with Crippen LogP contribution in [0.4, 0.5) is 14.7 Å². The van der Waals surface area contributed by atoms with Gasteiger partial charge in [-0.25, -0.2) is 4.98 Å². The van der Waals surface area contributed by atoms with Gasteiger partial charge in [-0.1, -0.05) is 11.6 Å². The van der Waals surface area contributed by atoms with Gasteiger partial charge < -0.3 is 14.8 Å². The first-order chi connectivity index (χ1) is 13.1. The molecule has 1 aromatic carbocycles. The number of hydrogen-bond donors (Lipinski definition) is 1. The van der Waals surface area contributed by atoms with Crippen molar-refractivity contribution in [3.05, 3.63) is 35.7 Å². The Morgan fingerprint density at radius 1 is 1.33 bits per heavy atom. The number of nitrogens with zero attached hydrogens (tertiary/aromatic N) is 4. The van der Waals surface area contributed by atoms with Crippen LogP contribution in [-0.2, 0) is 4.74 Å². The summed E-state index contributed by atoms with van der Waals surface area (Å²) in [5.41, 5.74) is 1.32. The number of alkyl halides is 2. The topological polar surface area (TPSA) is 73.6 Å². The summed E-state index contributed by atoms with van der Waals surface area (Å²) in [6, 6.07) is 4.59. The Morgan fingerprint density at radius 2 is 2.22 bits per heavy atom. The first-order valence-electron chi connectivity index (χ1n) is 8.39. The SMILES string of the molecule is FC(F)Oc1cc(Cl)ccc1-c1nnc(NC2CCCOC2)n2cncc12. The van der Waals surface area contributed by atoms with E-state index in [-0.39, 0.29) is 16.8 Å². The van der Waals surface area contributed by atoms with E-state index in [1.165, 1.54) is 6.07 Å². The quantitative estimate of drug-likeness (QED) is 0.711. The maximum Gasteiger partial charge on any atom is 0.387 e. The molecule has 27 heavy (non-hydrogen) atoms. The van der Waals surface area contributed by atoms with Gasteiger partial charge in [-0.15, -0.1) is 10.2 Å². The number of rotatable bonds is 5. The van der Waals surface area contributed by atoms with Crippen LogP contribution in [-0.4, -0.2) is 45.4 Å². The maximum absolute atomic E-state index is 12.8. The highest BCUT2D eigenvalue weighted by molar-refractivity contribution is 6.30. The molecule has 10 heteroatoms. The maximum atomic E-state index is 12.8. The van der Waals surface area contributed by atoms with E-state index in [0.717, 1.165) is 19.4 Å². The molecule has 1 atom stereocenters. The van der Waals surface area contributed by atoms with Gasteiger partial charge in [0.1, 0.15) is 17.8 Å². The highest BCUT2D eigenvalue weighted by Crippen LogP contribution is 2.35. The number of anilines is 1. The van der Waals surface area contributed by atoms with Gasteiger partial charge in [0.25, 0.3) is 0 Å².